The third-order valence-electron chi connectivity index (χ3n) is 4.50. The molecule has 4 rings (SSSR count). The van der Waals surface area contributed by atoms with E-state index >= 15 is 0 Å². The molecule has 0 fully saturated rings. The van der Waals surface area contributed by atoms with Crippen LogP contribution in [-0.2, 0) is 4.79 Å². The number of rotatable bonds is 4. The van der Waals surface area contributed by atoms with E-state index in [1.807, 2.05) is 54.6 Å². The topological polar surface area (TPSA) is 96.3 Å². The first kappa shape index (κ1) is 21.0. The van der Waals surface area contributed by atoms with E-state index in [9.17, 15) is 9.59 Å². The first-order chi connectivity index (χ1) is 15.6. The fourth-order valence-electron chi connectivity index (χ4n) is 3.03. The average molecular weight is 443 g/mol. The van der Waals surface area contributed by atoms with Crippen LogP contribution in [0.25, 0.3) is 28.2 Å². The van der Waals surface area contributed by atoms with Crippen molar-refractivity contribution in [1.82, 2.24) is 21.2 Å². The number of nitrogens with zero attached hydrogens (tertiary/aromatic N) is 1. The van der Waals surface area contributed by atoms with Crippen LogP contribution in [0.2, 0.25) is 0 Å². The summed E-state index contributed by atoms with van der Waals surface area (Å²) in [7, 11) is 0. The Bertz CT molecular complexity index is 1300. The minimum atomic E-state index is -0.464. The minimum absolute atomic E-state index is 0.0471. The fraction of sp³-hybridized carbons (Fsp3) is 0. The Morgan fingerprint density at radius 3 is 2.50 bits per heavy atom. The summed E-state index contributed by atoms with van der Waals surface area (Å²) in [4.78, 5) is 29.5. The van der Waals surface area contributed by atoms with Gasteiger partial charge in [0.2, 0.25) is 5.91 Å². The zero-order chi connectivity index (χ0) is 22.3. The van der Waals surface area contributed by atoms with Crippen LogP contribution in [-0.4, -0.2) is 21.9 Å². The van der Waals surface area contributed by atoms with Crippen molar-refractivity contribution in [3.05, 3.63) is 96.5 Å². The van der Waals surface area contributed by atoms with Crippen molar-refractivity contribution < 1.29 is 14.0 Å². The number of thiocarbonyl (C=S) groups is 1. The maximum absolute atomic E-state index is 12.9. The molecule has 0 aliphatic rings. The number of hydrogen-bond donors (Lipinski definition) is 3. The van der Waals surface area contributed by atoms with Gasteiger partial charge in [0.15, 0.2) is 5.11 Å². The molecule has 0 atom stereocenters. The Balaban J connectivity index is 1.46. The molecule has 2 aromatic carbocycles. The van der Waals surface area contributed by atoms with Gasteiger partial charge >= 0.3 is 0 Å². The lowest BCUT2D eigenvalue weighted by molar-refractivity contribution is -0.115. The molecular weight excluding hydrogens is 424 g/mol. The van der Waals surface area contributed by atoms with Crippen molar-refractivity contribution in [2.24, 2.45) is 0 Å². The number of hydrogen-bond acceptors (Lipinski definition) is 5. The zero-order valence-corrected chi connectivity index (χ0v) is 17.6. The number of fused-ring (bicyclic) bond motifs is 1. The molecule has 0 bridgehead atoms. The average Bonchev–Trinajstić information content (AvgIpc) is 3.35. The van der Waals surface area contributed by atoms with Crippen molar-refractivity contribution in [3.63, 3.8) is 0 Å². The first-order valence-electron chi connectivity index (χ1n) is 9.68. The molecule has 4 aromatic rings. The molecule has 0 aliphatic carbocycles. The molecule has 8 heteroatoms. The predicted molar refractivity (Wildman–Crippen MR) is 126 cm³/mol. The quantitative estimate of drug-likeness (QED) is 0.252. The van der Waals surface area contributed by atoms with Crippen LogP contribution in [0.1, 0.15) is 16.1 Å². The standard InChI is InChI=1S/C24H18N4O3S/c29-22(13-12-17-9-6-14-31-17)26-24(32)28-27-23(30)19-15-21(16-7-2-1-3-8-16)25-20-11-5-4-10-18(19)20/h1-15H,(H,27,30)(H2,26,28,29,32). The summed E-state index contributed by atoms with van der Waals surface area (Å²) in [6, 6.07) is 22.1. The Morgan fingerprint density at radius 1 is 0.938 bits per heavy atom. The second kappa shape index (κ2) is 9.67. The van der Waals surface area contributed by atoms with Crippen molar-refractivity contribution in [2.45, 2.75) is 0 Å². The smallest absolute Gasteiger partial charge is 0.270 e. The van der Waals surface area contributed by atoms with E-state index in [0.29, 0.717) is 27.9 Å². The molecule has 0 saturated heterocycles. The molecule has 0 spiro atoms. The maximum Gasteiger partial charge on any atom is 0.270 e. The van der Waals surface area contributed by atoms with Gasteiger partial charge in [0, 0.05) is 17.0 Å². The van der Waals surface area contributed by atoms with Crippen molar-refractivity contribution in [1.29, 1.82) is 0 Å². The Morgan fingerprint density at radius 2 is 1.72 bits per heavy atom. The molecule has 2 heterocycles. The summed E-state index contributed by atoms with van der Waals surface area (Å²) >= 11 is 5.08. The molecular formula is C24H18N4O3S. The summed E-state index contributed by atoms with van der Waals surface area (Å²) < 4.78 is 5.12. The monoisotopic (exact) mass is 442 g/mol. The van der Waals surface area contributed by atoms with Crippen LogP contribution in [0.15, 0.2) is 89.6 Å². The second-order valence-corrected chi connectivity index (χ2v) is 7.09. The number of nitrogens with one attached hydrogen (secondary N) is 3. The molecule has 0 unspecified atom stereocenters. The highest BCUT2D eigenvalue weighted by Gasteiger charge is 2.14. The number of pyridine rings is 1. The van der Waals surface area contributed by atoms with Crippen LogP contribution >= 0.6 is 12.2 Å². The number of benzene rings is 2. The van der Waals surface area contributed by atoms with Crippen LogP contribution in [0.4, 0.5) is 0 Å². The number of hydrazine groups is 1. The molecule has 0 saturated carbocycles. The molecule has 0 radical (unpaired) electrons. The maximum atomic E-state index is 12.9. The Labute approximate surface area is 189 Å². The van der Waals surface area contributed by atoms with E-state index in [1.165, 1.54) is 18.4 Å². The predicted octanol–water partition coefficient (Wildman–Crippen LogP) is 3.84. The highest BCUT2D eigenvalue weighted by atomic mass is 32.1. The van der Waals surface area contributed by atoms with E-state index in [-0.39, 0.29) is 5.11 Å². The van der Waals surface area contributed by atoms with E-state index in [1.54, 1.807) is 18.2 Å². The third-order valence-corrected chi connectivity index (χ3v) is 4.70. The SMILES string of the molecule is O=C(C=Cc1ccco1)NC(=S)NNC(=O)c1cc(-c2ccccc2)nc2ccccc12. The molecule has 2 amide bonds. The highest BCUT2D eigenvalue weighted by molar-refractivity contribution is 7.80. The van der Waals surface area contributed by atoms with Crippen molar-refractivity contribution >= 4 is 46.1 Å². The molecule has 3 N–H and O–H groups in total. The van der Waals surface area contributed by atoms with Crippen LogP contribution in [0.3, 0.4) is 0 Å². The van der Waals surface area contributed by atoms with E-state index in [4.69, 9.17) is 16.6 Å². The van der Waals surface area contributed by atoms with Crippen molar-refractivity contribution in [3.8, 4) is 11.3 Å². The largest absolute Gasteiger partial charge is 0.465 e. The van der Waals surface area contributed by atoms with Gasteiger partial charge in [0.05, 0.1) is 23.0 Å². The molecule has 2 aromatic heterocycles. The summed E-state index contributed by atoms with van der Waals surface area (Å²) in [6.07, 6.45) is 4.28. The summed E-state index contributed by atoms with van der Waals surface area (Å²) in [5.41, 5.74) is 7.77. The lowest BCUT2D eigenvalue weighted by Crippen LogP contribution is -2.48. The van der Waals surface area contributed by atoms with Crippen LogP contribution in [0, 0.1) is 0 Å². The normalized spacial score (nSPS) is 10.8. The van der Waals surface area contributed by atoms with E-state index < -0.39 is 11.8 Å². The minimum Gasteiger partial charge on any atom is -0.465 e. The molecule has 0 aliphatic heterocycles. The van der Waals surface area contributed by atoms with Gasteiger partial charge in [-0.15, -0.1) is 0 Å². The number of carbonyl (C=O) groups excluding carboxylic acids is 2. The second-order valence-electron chi connectivity index (χ2n) is 6.68. The molecule has 32 heavy (non-hydrogen) atoms. The molecule has 158 valence electrons. The number of carbonyl (C=O) groups is 2. The number of furan rings is 1. The highest BCUT2D eigenvalue weighted by Crippen LogP contribution is 2.24. The van der Waals surface area contributed by atoms with Gasteiger partial charge in [-0.3, -0.25) is 25.8 Å². The Hall–Kier alpha value is -4.30. The number of amides is 2. The van der Waals surface area contributed by atoms with Gasteiger partial charge in [-0.1, -0.05) is 48.5 Å². The summed E-state index contributed by atoms with van der Waals surface area (Å²) in [5, 5.41) is 3.10. The number of aromatic nitrogens is 1. The van der Waals surface area contributed by atoms with Crippen LogP contribution < -0.4 is 16.2 Å². The van der Waals surface area contributed by atoms with Gasteiger partial charge in [-0.05, 0) is 42.6 Å². The third kappa shape index (κ3) is 5.05. The fourth-order valence-corrected chi connectivity index (χ4v) is 3.18. The lowest BCUT2D eigenvalue weighted by Gasteiger charge is -2.12. The van der Waals surface area contributed by atoms with E-state index in [2.05, 4.69) is 21.2 Å². The van der Waals surface area contributed by atoms with Gasteiger partial charge < -0.3 is 4.42 Å². The van der Waals surface area contributed by atoms with Gasteiger partial charge in [-0.2, -0.15) is 0 Å². The van der Waals surface area contributed by atoms with Gasteiger partial charge in [0.25, 0.3) is 5.91 Å². The summed E-state index contributed by atoms with van der Waals surface area (Å²) in [5.74, 6) is -0.344. The number of para-hydroxylation sites is 1. The Kier molecular flexibility index (Phi) is 6.33. The van der Waals surface area contributed by atoms with Crippen LogP contribution in [0.5, 0.6) is 0 Å². The van der Waals surface area contributed by atoms with Gasteiger partial charge in [0.1, 0.15) is 5.76 Å². The lowest BCUT2D eigenvalue weighted by atomic mass is 10.0. The summed E-state index contributed by atoms with van der Waals surface area (Å²) in [6.45, 7) is 0. The van der Waals surface area contributed by atoms with E-state index in [0.717, 1.165) is 5.56 Å². The molecule has 7 nitrogen and oxygen atoms in total. The van der Waals surface area contributed by atoms with Crippen molar-refractivity contribution in [2.75, 3.05) is 0 Å². The first-order valence-corrected chi connectivity index (χ1v) is 10.1. The van der Waals surface area contributed by atoms with Gasteiger partial charge in [-0.25, -0.2) is 4.98 Å². The zero-order valence-electron chi connectivity index (χ0n) is 16.7.